The van der Waals surface area contributed by atoms with Gasteiger partial charge in [0.15, 0.2) is 11.5 Å². The fourth-order valence-corrected chi connectivity index (χ4v) is 3.48. The molecule has 1 N–H and O–H groups in total. The van der Waals surface area contributed by atoms with Crippen LogP contribution in [-0.4, -0.2) is 28.2 Å². The Hall–Kier alpha value is -2.74. The van der Waals surface area contributed by atoms with Gasteiger partial charge in [0.25, 0.3) is 10.0 Å². The number of carbonyl (C=O) groups excluding carboxylic acids is 1. The van der Waals surface area contributed by atoms with Crippen molar-refractivity contribution in [2.45, 2.75) is 11.8 Å². The summed E-state index contributed by atoms with van der Waals surface area (Å²) < 4.78 is 37.1. The van der Waals surface area contributed by atoms with E-state index in [2.05, 4.69) is 5.32 Å². The maximum Gasteiger partial charge on any atom is 0.264 e. The summed E-state index contributed by atoms with van der Waals surface area (Å²) in [6.07, 6.45) is 0. The van der Waals surface area contributed by atoms with Crippen LogP contribution >= 0.6 is 0 Å². The summed E-state index contributed by atoms with van der Waals surface area (Å²) in [6.45, 7) is 1.51. The summed E-state index contributed by atoms with van der Waals surface area (Å²) in [7, 11) is -2.26. The van der Waals surface area contributed by atoms with Gasteiger partial charge in [-0.25, -0.2) is 8.42 Å². The highest BCUT2D eigenvalue weighted by molar-refractivity contribution is 7.92. The highest BCUT2D eigenvalue weighted by Gasteiger charge is 2.23. The number of amides is 1. The van der Waals surface area contributed by atoms with Crippen LogP contribution in [0.1, 0.15) is 6.92 Å². The number of rotatable bonds is 4. The number of nitrogens with one attached hydrogen (secondary N) is 1. The zero-order chi connectivity index (χ0) is 17.3. The highest BCUT2D eigenvalue weighted by atomic mass is 32.2. The van der Waals surface area contributed by atoms with Gasteiger partial charge in [0.2, 0.25) is 12.7 Å². The smallest absolute Gasteiger partial charge is 0.264 e. The molecule has 24 heavy (non-hydrogen) atoms. The zero-order valence-electron chi connectivity index (χ0n) is 13.1. The van der Waals surface area contributed by atoms with Crippen LogP contribution in [0.15, 0.2) is 47.4 Å². The molecule has 1 aliphatic heterocycles. The third kappa shape index (κ3) is 3.00. The summed E-state index contributed by atoms with van der Waals surface area (Å²) in [6, 6.07) is 10.9. The van der Waals surface area contributed by atoms with E-state index in [4.69, 9.17) is 9.47 Å². The van der Waals surface area contributed by atoms with E-state index in [-0.39, 0.29) is 17.6 Å². The molecule has 0 radical (unpaired) electrons. The summed E-state index contributed by atoms with van der Waals surface area (Å²) in [5.41, 5.74) is 0.998. The van der Waals surface area contributed by atoms with Crippen molar-refractivity contribution in [1.82, 2.24) is 0 Å². The van der Waals surface area contributed by atoms with Gasteiger partial charge in [-0.2, -0.15) is 0 Å². The molecule has 1 heterocycles. The number of carbonyl (C=O) groups is 1. The molecule has 0 atom stereocenters. The lowest BCUT2D eigenvalue weighted by Gasteiger charge is -2.20. The predicted molar refractivity (Wildman–Crippen MR) is 88.9 cm³/mol. The number of benzene rings is 2. The maximum absolute atomic E-state index is 12.7. The predicted octanol–water partition coefficient (Wildman–Crippen LogP) is 2.20. The normalized spacial score (nSPS) is 12.8. The molecular weight excluding hydrogens is 332 g/mol. The fraction of sp³-hybridized carbons (Fsp3) is 0.188. The molecule has 0 bridgehead atoms. The molecule has 0 fully saturated rings. The first-order chi connectivity index (χ1) is 11.4. The van der Waals surface area contributed by atoms with Crippen LogP contribution in [0.4, 0.5) is 11.4 Å². The van der Waals surface area contributed by atoms with Crippen molar-refractivity contribution in [1.29, 1.82) is 0 Å². The highest BCUT2D eigenvalue weighted by Crippen LogP contribution is 2.36. The molecule has 2 aromatic rings. The van der Waals surface area contributed by atoms with E-state index >= 15 is 0 Å². The maximum atomic E-state index is 12.7. The van der Waals surface area contributed by atoms with Gasteiger partial charge in [-0.05, 0) is 36.4 Å². The summed E-state index contributed by atoms with van der Waals surface area (Å²) in [5, 5.41) is 2.59. The van der Waals surface area contributed by atoms with Crippen LogP contribution in [0, 0.1) is 0 Å². The van der Waals surface area contributed by atoms with E-state index in [0.29, 0.717) is 22.9 Å². The lowest BCUT2D eigenvalue weighted by atomic mass is 10.3. The standard InChI is InChI=1S/C16H16N2O5S/c1-11(19)17-12-3-6-14(7-4-12)24(20,21)18(2)13-5-8-15-16(9-13)23-10-22-15/h3-9H,10H2,1-2H3,(H,17,19). The second kappa shape index (κ2) is 6.04. The summed E-state index contributed by atoms with van der Waals surface area (Å²) in [4.78, 5) is 11.1. The minimum absolute atomic E-state index is 0.122. The fourth-order valence-electron chi connectivity index (χ4n) is 2.29. The molecule has 0 aromatic heterocycles. The van der Waals surface area contributed by atoms with E-state index in [1.54, 1.807) is 30.3 Å². The molecule has 3 rings (SSSR count). The van der Waals surface area contributed by atoms with Crippen molar-refractivity contribution in [3.63, 3.8) is 0 Å². The van der Waals surface area contributed by atoms with Gasteiger partial charge in [-0.15, -0.1) is 0 Å². The molecule has 1 amide bonds. The second-order valence-electron chi connectivity index (χ2n) is 5.22. The van der Waals surface area contributed by atoms with Gasteiger partial charge in [0.05, 0.1) is 10.6 Å². The van der Waals surface area contributed by atoms with Crippen LogP contribution in [0.25, 0.3) is 0 Å². The molecule has 2 aromatic carbocycles. The Morgan fingerprint density at radius 2 is 1.75 bits per heavy atom. The quantitative estimate of drug-likeness (QED) is 0.915. The van der Waals surface area contributed by atoms with Gasteiger partial charge < -0.3 is 14.8 Å². The number of hydrogen-bond donors (Lipinski definition) is 1. The van der Waals surface area contributed by atoms with Crippen molar-refractivity contribution >= 4 is 27.3 Å². The number of fused-ring (bicyclic) bond motifs is 1. The lowest BCUT2D eigenvalue weighted by molar-refractivity contribution is -0.114. The minimum Gasteiger partial charge on any atom is -0.454 e. The molecule has 0 aliphatic carbocycles. The van der Waals surface area contributed by atoms with Crippen molar-refractivity contribution in [2.75, 3.05) is 23.5 Å². The van der Waals surface area contributed by atoms with Crippen LogP contribution in [0.5, 0.6) is 11.5 Å². The molecule has 0 saturated carbocycles. The molecule has 1 aliphatic rings. The summed E-state index contributed by atoms with van der Waals surface area (Å²) >= 11 is 0. The number of sulfonamides is 1. The Labute approximate surface area is 139 Å². The van der Waals surface area contributed by atoms with Crippen LogP contribution in [0.3, 0.4) is 0 Å². The molecular formula is C16H16N2O5S. The van der Waals surface area contributed by atoms with E-state index in [1.807, 2.05) is 0 Å². The van der Waals surface area contributed by atoms with E-state index in [1.165, 1.54) is 30.4 Å². The number of ether oxygens (including phenoxy) is 2. The molecule has 0 spiro atoms. The second-order valence-corrected chi connectivity index (χ2v) is 7.18. The molecule has 8 heteroatoms. The minimum atomic E-state index is -3.73. The average Bonchev–Trinajstić information content (AvgIpc) is 3.01. The van der Waals surface area contributed by atoms with Crippen molar-refractivity contribution in [2.24, 2.45) is 0 Å². The third-order valence-electron chi connectivity index (χ3n) is 3.55. The monoisotopic (exact) mass is 348 g/mol. The first-order valence-corrected chi connectivity index (χ1v) is 8.58. The molecule has 0 saturated heterocycles. The van der Waals surface area contributed by atoms with E-state index < -0.39 is 10.0 Å². The van der Waals surface area contributed by atoms with Crippen molar-refractivity contribution in [3.8, 4) is 11.5 Å². The Morgan fingerprint density at radius 3 is 2.42 bits per heavy atom. The molecule has 126 valence electrons. The van der Waals surface area contributed by atoms with Gasteiger partial charge in [-0.3, -0.25) is 9.10 Å². The SMILES string of the molecule is CC(=O)Nc1ccc(S(=O)(=O)N(C)c2ccc3c(c2)OCO3)cc1. The molecule has 0 unspecified atom stereocenters. The first-order valence-electron chi connectivity index (χ1n) is 7.14. The van der Waals surface area contributed by atoms with E-state index in [9.17, 15) is 13.2 Å². The third-order valence-corrected chi connectivity index (χ3v) is 5.35. The van der Waals surface area contributed by atoms with Gasteiger partial charge in [-0.1, -0.05) is 0 Å². The zero-order valence-corrected chi connectivity index (χ0v) is 14.0. The summed E-state index contributed by atoms with van der Waals surface area (Å²) in [5.74, 6) is 0.878. The Bertz CT molecular complexity index is 878. The Balaban J connectivity index is 1.88. The van der Waals surface area contributed by atoms with Gasteiger partial charge in [0.1, 0.15) is 0 Å². The largest absolute Gasteiger partial charge is 0.454 e. The lowest BCUT2D eigenvalue weighted by Crippen LogP contribution is -2.26. The Morgan fingerprint density at radius 1 is 1.08 bits per heavy atom. The number of nitrogens with zero attached hydrogens (tertiary/aromatic N) is 1. The Kier molecular flexibility index (Phi) is 4.06. The van der Waals surface area contributed by atoms with Crippen LogP contribution in [-0.2, 0) is 14.8 Å². The van der Waals surface area contributed by atoms with Crippen LogP contribution in [0.2, 0.25) is 0 Å². The average molecular weight is 348 g/mol. The topological polar surface area (TPSA) is 84.9 Å². The van der Waals surface area contributed by atoms with E-state index in [0.717, 1.165) is 0 Å². The van der Waals surface area contributed by atoms with Gasteiger partial charge in [0, 0.05) is 25.7 Å². The van der Waals surface area contributed by atoms with Crippen LogP contribution < -0.4 is 19.1 Å². The molecule has 7 nitrogen and oxygen atoms in total. The van der Waals surface area contributed by atoms with Gasteiger partial charge >= 0.3 is 0 Å². The van der Waals surface area contributed by atoms with Crippen molar-refractivity contribution < 1.29 is 22.7 Å². The van der Waals surface area contributed by atoms with Crippen molar-refractivity contribution in [3.05, 3.63) is 42.5 Å². The number of hydrogen-bond acceptors (Lipinski definition) is 5. The number of anilines is 2. The first kappa shape index (κ1) is 16.1.